The highest BCUT2D eigenvalue weighted by atomic mass is 79.9. The number of hydrogen-bond acceptors (Lipinski definition) is 4. The third-order valence-corrected chi connectivity index (χ3v) is 6.38. The minimum atomic E-state index is -0.594. The van der Waals surface area contributed by atoms with Gasteiger partial charge in [0.2, 0.25) is 0 Å². The van der Waals surface area contributed by atoms with Crippen LogP contribution in [0.2, 0.25) is 0 Å². The first-order valence-electron chi connectivity index (χ1n) is 9.03. The van der Waals surface area contributed by atoms with Crippen LogP contribution in [0.3, 0.4) is 0 Å². The first kappa shape index (κ1) is 20.9. The number of anilines is 1. The molecular weight excluding hydrogens is 438 g/mol. The van der Waals surface area contributed by atoms with Gasteiger partial charge in [-0.2, -0.15) is 0 Å². The van der Waals surface area contributed by atoms with Gasteiger partial charge in [-0.05, 0) is 70.6 Å². The Hall–Kier alpha value is -1.83. The Bertz CT molecular complexity index is 1000. The molecule has 0 amide bonds. The fourth-order valence-corrected chi connectivity index (χ4v) is 3.92. The molecule has 0 aliphatic rings. The summed E-state index contributed by atoms with van der Waals surface area (Å²) in [5, 5.41) is 4.95. The van der Waals surface area contributed by atoms with Crippen LogP contribution >= 0.6 is 26.0 Å². The molecule has 0 spiro atoms. The van der Waals surface area contributed by atoms with E-state index >= 15 is 0 Å². The van der Waals surface area contributed by atoms with Crippen molar-refractivity contribution in [2.45, 2.75) is 13.3 Å². The number of ether oxygens (including phenoxy) is 1. The van der Waals surface area contributed by atoms with Crippen molar-refractivity contribution in [2.75, 3.05) is 36.4 Å². The fourth-order valence-electron chi connectivity index (χ4n) is 2.73. The highest BCUT2D eigenvalue weighted by molar-refractivity contribution is 9.10. The van der Waals surface area contributed by atoms with Gasteiger partial charge < -0.3 is 10.1 Å². The first-order chi connectivity index (χ1) is 13.3. The van der Waals surface area contributed by atoms with E-state index in [1.54, 1.807) is 23.2 Å². The summed E-state index contributed by atoms with van der Waals surface area (Å²) >= 11 is 3.61. The summed E-state index contributed by atoms with van der Waals surface area (Å²) in [6.45, 7) is 1.63. The minimum absolute atomic E-state index is 0.0398. The second kappa shape index (κ2) is 9.11. The molecule has 0 atom stereocenters. The van der Waals surface area contributed by atoms with Crippen molar-refractivity contribution in [3.8, 4) is 0 Å². The van der Waals surface area contributed by atoms with Gasteiger partial charge in [0.15, 0.2) is 0 Å². The van der Waals surface area contributed by atoms with Crippen LogP contribution in [0, 0.1) is 0 Å². The van der Waals surface area contributed by atoms with E-state index in [4.69, 9.17) is 4.74 Å². The Balaban J connectivity index is 1.74. The molecule has 28 heavy (non-hydrogen) atoms. The number of hydrogen-bond donors (Lipinski definition) is 1. The van der Waals surface area contributed by atoms with Crippen LogP contribution in [0.4, 0.5) is 5.69 Å². The summed E-state index contributed by atoms with van der Waals surface area (Å²) in [7, 11) is -0.594. The van der Waals surface area contributed by atoms with E-state index < -0.39 is 10.0 Å². The van der Waals surface area contributed by atoms with Crippen LogP contribution in [0.15, 0.2) is 58.2 Å². The first-order valence-corrected chi connectivity index (χ1v) is 12.8. The fraction of sp³-hybridized carbons (Fsp3) is 0.333. The Kier molecular flexibility index (Phi) is 6.80. The molecule has 0 saturated carbocycles. The van der Waals surface area contributed by atoms with Gasteiger partial charge in [0.05, 0.1) is 6.61 Å². The molecule has 3 aromatic rings. The molecular formula is C21H26BrN3O2S. The average molecular weight is 464 g/mol. The maximum Gasteiger partial charge on any atom is 0.260 e. The smallest absolute Gasteiger partial charge is 0.260 e. The van der Waals surface area contributed by atoms with Gasteiger partial charge in [0.25, 0.3) is 5.56 Å². The van der Waals surface area contributed by atoms with Crippen molar-refractivity contribution in [1.82, 2.24) is 9.55 Å². The van der Waals surface area contributed by atoms with E-state index in [1.807, 2.05) is 30.3 Å². The number of rotatable bonds is 8. The number of pyridine rings is 2. The highest BCUT2D eigenvalue weighted by Gasteiger charge is 2.09. The quantitative estimate of drug-likeness (QED) is 0.501. The number of fused-ring (bicyclic) bond motifs is 1. The molecule has 0 bridgehead atoms. The topological polar surface area (TPSA) is 56.1 Å². The summed E-state index contributed by atoms with van der Waals surface area (Å²) in [6.07, 6.45) is 12.1. The normalized spacial score (nSPS) is 12.3. The Morgan fingerprint density at radius 1 is 1.14 bits per heavy atom. The zero-order valence-electron chi connectivity index (χ0n) is 16.4. The molecule has 2 aromatic heterocycles. The second-order valence-electron chi connectivity index (χ2n) is 7.55. The third-order valence-electron chi connectivity index (χ3n) is 4.35. The van der Waals surface area contributed by atoms with Crippen LogP contribution in [0.5, 0.6) is 0 Å². The van der Waals surface area contributed by atoms with Crippen molar-refractivity contribution in [3.63, 3.8) is 0 Å². The SMILES string of the molecule is CS(C)(C)CCOCn1cc(Br)c2cc(NCc3ccncc3)ccc2c1=O. The Labute approximate surface area is 175 Å². The van der Waals surface area contributed by atoms with Crippen molar-refractivity contribution in [1.29, 1.82) is 0 Å². The maximum atomic E-state index is 12.8. The van der Waals surface area contributed by atoms with Crippen LogP contribution in [0.1, 0.15) is 5.56 Å². The molecule has 1 N–H and O–H groups in total. The number of nitrogens with zero attached hydrogens (tertiary/aromatic N) is 2. The largest absolute Gasteiger partial charge is 0.381 e. The standard InChI is InChI=1S/C21H26BrN3O2S/c1-28(2,3)11-10-27-15-25-14-20(22)19-12-17(4-5-18(19)21(25)26)24-13-16-6-8-23-9-7-16/h4-9,12,14,24H,10-11,13,15H2,1-3H3. The van der Waals surface area contributed by atoms with E-state index in [-0.39, 0.29) is 12.3 Å². The van der Waals surface area contributed by atoms with E-state index in [2.05, 4.69) is 45.0 Å². The zero-order chi connectivity index (χ0) is 20.1. The maximum absolute atomic E-state index is 12.8. The van der Waals surface area contributed by atoms with E-state index in [0.717, 1.165) is 26.9 Å². The van der Waals surface area contributed by atoms with Gasteiger partial charge in [0.1, 0.15) is 6.73 Å². The van der Waals surface area contributed by atoms with E-state index in [1.165, 1.54) is 0 Å². The van der Waals surface area contributed by atoms with Crippen LogP contribution in [0.25, 0.3) is 10.8 Å². The lowest BCUT2D eigenvalue weighted by Crippen LogP contribution is -2.22. The number of aromatic nitrogens is 2. The minimum Gasteiger partial charge on any atom is -0.381 e. The Morgan fingerprint density at radius 3 is 2.61 bits per heavy atom. The van der Waals surface area contributed by atoms with Crippen LogP contribution in [-0.2, 0) is 18.0 Å². The molecule has 0 unspecified atom stereocenters. The number of halogens is 1. The average Bonchev–Trinajstić information content (AvgIpc) is 2.67. The third kappa shape index (κ3) is 5.59. The lowest BCUT2D eigenvalue weighted by molar-refractivity contribution is 0.0874. The predicted octanol–water partition coefficient (Wildman–Crippen LogP) is 4.44. The zero-order valence-corrected chi connectivity index (χ0v) is 18.8. The molecule has 2 heterocycles. The number of nitrogens with one attached hydrogen (secondary N) is 1. The van der Waals surface area contributed by atoms with E-state index in [9.17, 15) is 4.79 Å². The summed E-state index contributed by atoms with van der Waals surface area (Å²) < 4.78 is 8.23. The molecule has 150 valence electrons. The van der Waals surface area contributed by atoms with Gasteiger partial charge in [-0.1, -0.05) is 0 Å². The van der Waals surface area contributed by atoms with Crippen LogP contribution in [-0.4, -0.2) is 40.7 Å². The molecule has 0 saturated heterocycles. The van der Waals surface area contributed by atoms with Crippen molar-refractivity contribution >= 4 is 42.4 Å². The van der Waals surface area contributed by atoms with Gasteiger partial charge >= 0.3 is 0 Å². The van der Waals surface area contributed by atoms with Crippen molar-refractivity contribution in [3.05, 3.63) is 69.3 Å². The summed E-state index contributed by atoms with van der Waals surface area (Å²) in [5.41, 5.74) is 2.08. The molecule has 0 aliphatic carbocycles. The van der Waals surface area contributed by atoms with Crippen molar-refractivity contribution < 1.29 is 4.74 Å². The molecule has 0 fully saturated rings. The molecule has 3 rings (SSSR count). The number of benzene rings is 1. The predicted molar refractivity (Wildman–Crippen MR) is 124 cm³/mol. The summed E-state index contributed by atoms with van der Waals surface area (Å²) in [5.74, 6) is 1.03. The van der Waals surface area contributed by atoms with E-state index in [0.29, 0.717) is 18.5 Å². The van der Waals surface area contributed by atoms with Crippen LogP contribution < -0.4 is 10.9 Å². The highest BCUT2D eigenvalue weighted by Crippen LogP contribution is 2.33. The van der Waals surface area contributed by atoms with Gasteiger partial charge in [-0.25, -0.2) is 10.0 Å². The molecule has 1 aromatic carbocycles. The molecule has 7 heteroatoms. The molecule has 0 radical (unpaired) electrons. The summed E-state index contributed by atoms with van der Waals surface area (Å²) in [6, 6.07) is 9.75. The Morgan fingerprint density at radius 2 is 1.89 bits per heavy atom. The lowest BCUT2D eigenvalue weighted by atomic mass is 10.1. The monoisotopic (exact) mass is 463 g/mol. The lowest BCUT2D eigenvalue weighted by Gasteiger charge is -2.24. The van der Waals surface area contributed by atoms with Gasteiger partial charge in [0, 0.05) is 51.8 Å². The molecule has 5 nitrogen and oxygen atoms in total. The summed E-state index contributed by atoms with van der Waals surface area (Å²) in [4.78, 5) is 16.8. The van der Waals surface area contributed by atoms with Gasteiger partial charge in [-0.3, -0.25) is 14.3 Å². The van der Waals surface area contributed by atoms with Crippen molar-refractivity contribution in [2.24, 2.45) is 0 Å². The van der Waals surface area contributed by atoms with Gasteiger partial charge in [-0.15, -0.1) is 0 Å². The second-order valence-corrected chi connectivity index (χ2v) is 13.0. The molecule has 0 aliphatic heterocycles.